The van der Waals surface area contributed by atoms with Crippen molar-refractivity contribution in [2.24, 2.45) is 5.92 Å². The fraction of sp³-hybridized carbons (Fsp3) is 0.588. The number of thioether (sulfide) groups is 1. The summed E-state index contributed by atoms with van der Waals surface area (Å²) in [5, 5.41) is 7.44. The standard InChI is InChI=1S/C17H23ClN2OS/c18-13-1-5-16(6-2-13)22-8-7-19-17(21)11-12-9-14-3-4-15(10-12)20-14/h1-2,5-6,12,14-15,20H,3-4,7-11H2,(H,19,21). The van der Waals surface area contributed by atoms with Crippen molar-refractivity contribution >= 4 is 29.3 Å². The van der Waals surface area contributed by atoms with Gasteiger partial charge in [-0.1, -0.05) is 11.6 Å². The summed E-state index contributed by atoms with van der Waals surface area (Å²) in [4.78, 5) is 13.2. The number of rotatable bonds is 6. The molecule has 5 heteroatoms. The monoisotopic (exact) mass is 338 g/mol. The third-order valence-corrected chi connectivity index (χ3v) is 5.82. The van der Waals surface area contributed by atoms with Crippen molar-refractivity contribution in [1.29, 1.82) is 0 Å². The number of fused-ring (bicyclic) bond motifs is 2. The number of hydrogen-bond acceptors (Lipinski definition) is 3. The van der Waals surface area contributed by atoms with E-state index >= 15 is 0 Å². The highest BCUT2D eigenvalue weighted by atomic mass is 35.5. The Balaban J connectivity index is 1.32. The van der Waals surface area contributed by atoms with Crippen molar-refractivity contribution in [3.05, 3.63) is 29.3 Å². The highest BCUT2D eigenvalue weighted by molar-refractivity contribution is 7.99. The first-order valence-corrected chi connectivity index (χ1v) is 9.46. The zero-order chi connectivity index (χ0) is 15.4. The second kappa shape index (κ2) is 7.71. The Morgan fingerprint density at radius 2 is 1.91 bits per heavy atom. The molecule has 0 spiro atoms. The lowest BCUT2D eigenvalue weighted by Gasteiger charge is -2.28. The van der Waals surface area contributed by atoms with Crippen LogP contribution in [0.5, 0.6) is 0 Å². The molecular formula is C17H23ClN2OS. The van der Waals surface area contributed by atoms with E-state index in [2.05, 4.69) is 10.6 Å². The molecule has 2 fully saturated rings. The normalized spacial score (nSPS) is 26.9. The van der Waals surface area contributed by atoms with E-state index in [-0.39, 0.29) is 5.91 Å². The first-order valence-electron chi connectivity index (χ1n) is 8.10. The van der Waals surface area contributed by atoms with Gasteiger partial charge < -0.3 is 10.6 Å². The van der Waals surface area contributed by atoms with Gasteiger partial charge in [0.15, 0.2) is 0 Å². The minimum absolute atomic E-state index is 0.211. The van der Waals surface area contributed by atoms with Gasteiger partial charge in [-0.15, -0.1) is 11.8 Å². The van der Waals surface area contributed by atoms with Crippen LogP contribution in [-0.2, 0) is 4.79 Å². The zero-order valence-electron chi connectivity index (χ0n) is 12.7. The molecular weight excluding hydrogens is 316 g/mol. The largest absolute Gasteiger partial charge is 0.355 e. The Bertz CT molecular complexity index is 496. The van der Waals surface area contributed by atoms with Crippen molar-refractivity contribution in [3.63, 3.8) is 0 Å². The third kappa shape index (κ3) is 4.64. The first-order chi connectivity index (χ1) is 10.7. The number of halogens is 1. The topological polar surface area (TPSA) is 41.1 Å². The second-order valence-electron chi connectivity index (χ2n) is 6.33. The summed E-state index contributed by atoms with van der Waals surface area (Å²) in [6.45, 7) is 0.726. The number of benzene rings is 1. The van der Waals surface area contributed by atoms with E-state index in [4.69, 9.17) is 11.6 Å². The maximum absolute atomic E-state index is 12.0. The smallest absolute Gasteiger partial charge is 0.220 e. The van der Waals surface area contributed by atoms with Gasteiger partial charge in [0.25, 0.3) is 0 Å². The van der Waals surface area contributed by atoms with Crippen LogP contribution in [0.3, 0.4) is 0 Å². The molecule has 0 aromatic heterocycles. The zero-order valence-corrected chi connectivity index (χ0v) is 14.3. The van der Waals surface area contributed by atoms with Gasteiger partial charge in [0.05, 0.1) is 0 Å². The van der Waals surface area contributed by atoms with Gasteiger partial charge in [0.2, 0.25) is 5.91 Å². The maximum atomic E-state index is 12.0. The van der Waals surface area contributed by atoms with Crippen LogP contribution in [0.25, 0.3) is 0 Å². The second-order valence-corrected chi connectivity index (χ2v) is 7.94. The van der Waals surface area contributed by atoms with Crippen molar-refractivity contribution in [2.75, 3.05) is 12.3 Å². The van der Waals surface area contributed by atoms with Gasteiger partial charge in [-0.2, -0.15) is 0 Å². The van der Waals surface area contributed by atoms with Gasteiger partial charge >= 0.3 is 0 Å². The van der Waals surface area contributed by atoms with Crippen LogP contribution >= 0.6 is 23.4 Å². The summed E-state index contributed by atoms with van der Waals surface area (Å²) in [6, 6.07) is 9.15. The molecule has 1 aromatic carbocycles. The van der Waals surface area contributed by atoms with E-state index < -0.39 is 0 Å². The molecule has 1 aromatic rings. The molecule has 2 atom stereocenters. The lowest BCUT2D eigenvalue weighted by Crippen LogP contribution is -2.39. The minimum atomic E-state index is 0.211. The van der Waals surface area contributed by atoms with Crippen LogP contribution in [0.4, 0.5) is 0 Å². The third-order valence-electron chi connectivity index (χ3n) is 4.55. The van der Waals surface area contributed by atoms with E-state index in [9.17, 15) is 4.79 Å². The van der Waals surface area contributed by atoms with Crippen LogP contribution in [0, 0.1) is 5.92 Å². The van der Waals surface area contributed by atoms with Gasteiger partial charge in [0.1, 0.15) is 0 Å². The summed E-state index contributed by atoms with van der Waals surface area (Å²) in [7, 11) is 0. The quantitative estimate of drug-likeness (QED) is 0.616. The van der Waals surface area contributed by atoms with E-state index in [1.165, 1.54) is 30.6 Å². The first kappa shape index (κ1) is 16.2. The maximum Gasteiger partial charge on any atom is 0.220 e. The molecule has 2 aliphatic heterocycles. The number of carbonyl (C=O) groups is 1. The molecule has 2 N–H and O–H groups in total. The van der Waals surface area contributed by atoms with Crippen LogP contribution in [0.2, 0.25) is 5.02 Å². The molecule has 2 bridgehead atoms. The number of piperidine rings is 1. The van der Waals surface area contributed by atoms with Crippen LogP contribution in [-0.4, -0.2) is 30.3 Å². The Kier molecular flexibility index (Phi) is 5.66. The van der Waals surface area contributed by atoms with E-state index in [1.807, 2.05) is 24.3 Å². The molecule has 2 aliphatic rings. The van der Waals surface area contributed by atoms with Gasteiger partial charge in [-0.05, 0) is 55.9 Å². The number of carbonyl (C=O) groups excluding carboxylic acids is 1. The lowest BCUT2D eigenvalue weighted by molar-refractivity contribution is -0.122. The summed E-state index contributed by atoms with van der Waals surface area (Å²) in [5.41, 5.74) is 0. The molecule has 120 valence electrons. The average Bonchev–Trinajstić information content (AvgIpc) is 2.84. The minimum Gasteiger partial charge on any atom is -0.355 e. The van der Waals surface area contributed by atoms with E-state index in [0.717, 1.165) is 17.3 Å². The average molecular weight is 339 g/mol. The van der Waals surface area contributed by atoms with E-state index in [1.54, 1.807) is 11.8 Å². The molecule has 2 heterocycles. The highest BCUT2D eigenvalue weighted by Crippen LogP contribution is 2.32. The number of nitrogens with one attached hydrogen (secondary N) is 2. The Labute approximate surface area is 141 Å². The molecule has 1 amide bonds. The van der Waals surface area contributed by atoms with Crippen molar-refractivity contribution in [2.45, 2.75) is 49.1 Å². The Hall–Kier alpha value is -0.710. The predicted octanol–water partition coefficient (Wildman–Crippen LogP) is 3.47. The van der Waals surface area contributed by atoms with Crippen LogP contribution in [0.15, 0.2) is 29.2 Å². The van der Waals surface area contributed by atoms with Crippen LogP contribution < -0.4 is 10.6 Å². The van der Waals surface area contributed by atoms with Gasteiger partial charge in [-0.25, -0.2) is 0 Å². The summed E-state index contributed by atoms with van der Waals surface area (Å²) >= 11 is 7.61. The molecule has 2 unspecified atom stereocenters. The predicted molar refractivity (Wildman–Crippen MR) is 92.5 cm³/mol. The van der Waals surface area contributed by atoms with Gasteiger partial charge in [-0.3, -0.25) is 4.79 Å². The SMILES string of the molecule is O=C(CC1CC2CCC(C1)N2)NCCSc1ccc(Cl)cc1. The lowest BCUT2D eigenvalue weighted by atomic mass is 9.89. The molecule has 3 nitrogen and oxygen atoms in total. The highest BCUT2D eigenvalue weighted by Gasteiger charge is 2.33. The molecule has 3 rings (SSSR count). The van der Waals surface area contributed by atoms with Crippen molar-refractivity contribution in [1.82, 2.24) is 10.6 Å². The van der Waals surface area contributed by atoms with E-state index in [0.29, 0.717) is 24.4 Å². The summed E-state index contributed by atoms with van der Waals surface area (Å²) in [5.74, 6) is 1.68. The van der Waals surface area contributed by atoms with Gasteiger partial charge in [0, 0.05) is 40.7 Å². The van der Waals surface area contributed by atoms with Crippen molar-refractivity contribution in [3.8, 4) is 0 Å². The fourth-order valence-electron chi connectivity index (χ4n) is 3.57. The number of amides is 1. The van der Waals surface area contributed by atoms with Crippen LogP contribution in [0.1, 0.15) is 32.1 Å². The molecule has 0 radical (unpaired) electrons. The number of hydrogen-bond donors (Lipinski definition) is 2. The molecule has 22 heavy (non-hydrogen) atoms. The summed E-state index contributed by atoms with van der Waals surface area (Å²) in [6.07, 6.45) is 5.62. The molecule has 0 aliphatic carbocycles. The summed E-state index contributed by atoms with van der Waals surface area (Å²) < 4.78 is 0. The van der Waals surface area contributed by atoms with Crippen molar-refractivity contribution < 1.29 is 4.79 Å². The Morgan fingerprint density at radius 1 is 1.23 bits per heavy atom. The Morgan fingerprint density at radius 3 is 2.59 bits per heavy atom. The molecule has 2 saturated heterocycles. The fourth-order valence-corrected chi connectivity index (χ4v) is 4.46. The molecule has 0 saturated carbocycles.